The molecule has 2 rings (SSSR count). The van der Waals surface area contributed by atoms with Crippen LogP contribution in [0.5, 0.6) is 5.75 Å². The van der Waals surface area contributed by atoms with Gasteiger partial charge in [-0.1, -0.05) is 12.1 Å². The first-order valence-electron chi connectivity index (χ1n) is 6.64. The highest BCUT2D eigenvalue weighted by molar-refractivity contribution is 6.06. The standard InChI is InChI=1S/C15H17N3O3/c1-15(13(19)18(10-9-16)14(20)17-15)8-7-11-3-5-12(21-2)6-4-11/h3-6H,7-8,10H2,1-2H3,(H,17,20)/t15-/m0/s1. The van der Waals surface area contributed by atoms with Crippen LogP contribution in [0.4, 0.5) is 4.79 Å². The quantitative estimate of drug-likeness (QED) is 0.656. The third-order valence-electron chi connectivity index (χ3n) is 3.65. The molecule has 6 nitrogen and oxygen atoms in total. The van der Waals surface area contributed by atoms with E-state index in [1.165, 1.54) is 0 Å². The Bertz CT molecular complexity index is 591. The van der Waals surface area contributed by atoms with Crippen LogP contribution >= 0.6 is 0 Å². The molecule has 1 heterocycles. The third-order valence-corrected chi connectivity index (χ3v) is 3.65. The molecule has 0 bridgehead atoms. The largest absolute Gasteiger partial charge is 0.497 e. The number of carbonyl (C=O) groups is 2. The highest BCUT2D eigenvalue weighted by Crippen LogP contribution is 2.23. The number of hydrogen-bond acceptors (Lipinski definition) is 4. The Balaban J connectivity index is 2.03. The molecule has 0 aliphatic carbocycles. The van der Waals surface area contributed by atoms with Crippen LogP contribution in [0, 0.1) is 11.3 Å². The van der Waals surface area contributed by atoms with Gasteiger partial charge in [0.1, 0.15) is 17.8 Å². The maximum Gasteiger partial charge on any atom is 0.325 e. The van der Waals surface area contributed by atoms with Gasteiger partial charge < -0.3 is 10.1 Å². The fourth-order valence-corrected chi connectivity index (χ4v) is 2.32. The van der Waals surface area contributed by atoms with Gasteiger partial charge in [-0.2, -0.15) is 5.26 Å². The van der Waals surface area contributed by atoms with E-state index in [0.29, 0.717) is 12.8 Å². The highest BCUT2D eigenvalue weighted by atomic mass is 16.5. The zero-order chi connectivity index (χ0) is 15.5. The Morgan fingerprint density at radius 3 is 2.57 bits per heavy atom. The van der Waals surface area contributed by atoms with Gasteiger partial charge in [0.2, 0.25) is 0 Å². The summed E-state index contributed by atoms with van der Waals surface area (Å²) in [6.07, 6.45) is 1.12. The SMILES string of the molecule is COc1ccc(CC[C@]2(C)NC(=O)N(CC#N)C2=O)cc1. The van der Waals surface area contributed by atoms with E-state index in [9.17, 15) is 9.59 Å². The summed E-state index contributed by atoms with van der Waals surface area (Å²) in [6, 6.07) is 8.89. The molecule has 0 saturated carbocycles. The maximum atomic E-state index is 12.2. The minimum absolute atomic E-state index is 0.219. The Kier molecular flexibility index (Phi) is 4.13. The van der Waals surface area contributed by atoms with E-state index in [2.05, 4.69) is 5.32 Å². The molecule has 1 fully saturated rings. The number of nitrogens with one attached hydrogen (secondary N) is 1. The molecular weight excluding hydrogens is 270 g/mol. The lowest BCUT2D eigenvalue weighted by Gasteiger charge is -2.21. The molecule has 110 valence electrons. The van der Waals surface area contributed by atoms with Gasteiger partial charge in [-0.05, 0) is 37.5 Å². The topological polar surface area (TPSA) is 82.4 Å². The molecule has 0 spiro atoms. The van der Waals surface area contributed by atoms with Gasteiger partial charge in [-0.15, -0.1) is 0 Å². The summed E-state index contributed by atoms with van der Waals surface area (Å²) in [5.74, 6) is 0.429. The van der Waals surface area contributed by atoms with Gasteiger partial charge in [0.25, 0.3) is 5.91 Å². The number of carbonyl (C=O) groups excluding carboxylic acids is 2. The van der Waals surface area contributed by atoms with Crippen molar-refractivity contribution < 1.29 is 14.3 Å². The van der Waals surface area contributed by atoms with Crippen LogP contribution in [-0.2, 0) is 11.2 Å². The Morgan fingerprint density at radius 1 is 1.33 bits per heavy atom. The number of benzene rings is 1. The first-order chi connectivity index (χ1) is 10.00. The van der Waals surface area contributed by atoms with E-state index in [-0.39, 0.29) is 12.5 Å². The normalized spacial score (nSPS) is 21.1. The fraction of sp³-hybridized carbons (Fsp3) is 0.400. The summed E-state index contributed by atoms with van der Waals surface area (Å²) in [4.78, 5) is 24.9. The van der Waals surface area contributed by atoms with Crippen molar-refractivity contribution in [2.75, 3.05) is 13.7 Å². The molecule has 0 aromatic heterocycles. The van der Waals surface area contributed by atoms with Crippen molar-refractivity contribution in [3.05, 3.63) is 29.8 Å². The molecule has 0 unspecified atom stereocenters. The Labute approximate surface area is 123 Å². The number of aryl methyl sites for hydroxylation is 1. The minimum Gasteiger partial charge on any atom is -0.497 e. The molecule has 21 heavy (non-hydrogen) atoms. The number of methoxy groups -OCH3 is 1. The number of urea groups is 1. The number of rotatable bonds is 5. The summed E-state index contributed by atoms with van der Waals surface area (Å²) >= 11 is 0. The molecule has 1 saturated heterocycles. The van der Waals surface area contributed by atoms with Crippen molar-refractivity contribution in [3.8, 4) is 11.8 Å². The first kappa shape index (κ1) is 14.9. The molecule has 1 aliphatic heterocycles. The average molecular weight is 287 g/mol. The third kappa shape index (κ3) is 2.97. The summed E-state index contributed by atoms with van der Waals surface area (Å²) in [5.41, 5.74) is 0.103. The number of hydrogen-bond donors (Lipinski definition) is 1. The Morgan fingerprint density at radius 2 is 2.00 bits per heavy atom. The van der Waals surface area contributed by atoms with E-state index < -0.39 is 11.6 Å². The van der Waals surface area contributed by atoms with Gasteiger partial charge >= 0.3 is 6.03 Å². The summed E-state index contributed by atoms with van der Waals surface area (Å²) in [5, 5.41) is 11.3. The second-order valence-corrected chi connectivity index (χ2v) is 5.16. The second kappa shape index (κ2) is 5.83. The summed E-state index contributed by atoms with van der Waals surface area (Å²) in [6.45, 7) is 1.47. The Hall–Kier alpha value is -2.55. The molecule has 6 heteroatoms. The van der Waals surface area contributed by atoms with Crippen molar-refractivity contribution in [1.29, 1.82) is 5.26 Å². The van der Waals surface area contributed by atoms with Gasteiger partial charge in [0, 0.05) is 0 Å². The molecule has 1 aromatic carbocycles. The number of amides is 3. The zero-order valence-electron chi connectivity index (χ0n) is 12.0. The number of imide groups is 1. The second-order valence-electron chi connectivity index (χ2n) is 5.16. The lowest BCUT2D eigenvalue weighted by Crippen LogP contribution is -2.44. The lowest BCUT2D eigenvalue weighted by atomic mass is 9.93. The van der Waals surface area contributed by atoms with E-state index >= 15 is 0 Å². The average Bonchev–Trinajstić information content (AvgIpc) is 2.70. The fourth-order valence-electron chi connectivity index (χ4n) is 2.32. The van der Waals surface area contributed by atoms with E-state index in [1.54, 1.807) is 14.0 Å². The van der Waals surface area contributed by atoms with Crippen molar-refractivity contribution >= 4 is 11.9 Å². The van der Waals surface area contributed by atoms with Crippen LogP contribution in [-0.4, -0.2) is 36.0 Å². The number of ether oxygens (including phenoxy) is 1. The predicted molar refractivity (Wildman–Crippen MR) is 75.6 cm³/mol. The van der Waals surface area contributed by atoms with Gasteiger partial charge in [0.05, 0.1) is 13.2 Å². The molecule has 1 atom stereocenters. The number of nitriles is 1. The van der Waals surface area contributed by atoms with Crippen LogP contribution < -0.4 is 10.1 Å². The van der Waals surface area contributed by atoms with Crippen LogP contribution in [0.1, 0.15) is 18.9 Å². The zero-order valence-corrected chi connectivity index (χ0v) is 12.0. The van der Waals surface area contributed by atoms with Crippen LogP contribution in [0.25, 0.3) is 0 Å². The van der Waals surface area contributed by atoms with Crippen molar-refractivity contribution in [3.63, 3.8) is 0 Å². The minimum atomic E-state index is -0.951. The van der Waals surface area contributed by atoms with Crippen LogP contribution in [0.2, 0.25) is 0 Å². The van der Waals surface area contributed by atoms with E-state index in [0.717, 1.165) is 16.2 Å². The molecule has 1 aliphatic rings. The predicted octanol–water partition coefficient (Wildman–Crippen LogP) is 1.46. The van der Waals surface area contributed by atoms with Crippen molar-refractivity contribution in [1.82, 2.24) is 10.2 Å². The molecular formula is C15H17N3O3. The van der Waals surface area contributed by atoms with Crippen molar-refractivity contribution in [2.24, 2.45) is 0 Å². The molecule has 3 amide bonds. The smallest absolute Gasteiger partial charge is 0.325 e. The van der Waals surface area contributed by atoms with Crippen molar-refractivity contribution in [2.45, 2.75) is 25.3 Å². The van der Waals surface area contributed by atoms with E-state index in [4.69, 9.17) is 10.00 Å². The van der Waals surface area contributed by atoms with Gasteiger partial charge in [-0.3, -0.25) is 4.79 Å². The van der Waals surface area contributed by atoms with Gasteiger partial charge in [0.15, 0.2) is 0 Å². The van der Waals surface area contributed by atoms with Gasteiger partial charge in [-0.25, -0.2) is 9.69 Å². The molecule has 0 radical (unpaired) electrons. The highest BCUT2D eigenvalue weighted by Gasteiger charge is 2.47. The van der Waals surface area contributed by atoms with Crippen LogP contribution in [0.15, 0.2) is 24.3 Å². The molecule has 1 N–H and O–H groups in total. The van der Waals surface area contributed by atoms with E-state index in [1.807, 2.05) is 30.3 Å². The lowest BCUT2D eigenvalue weighted by molar-refractivity contribution is -0.130. The first-order valence-corrected chi connectivity index (χ1v) is 6.64. The summed E-state index contributed by atoms with van der Waals surface area (Å²) in [7, 11) is 1.60. The summed E-state index contributed by atoms with van der Waals surface area (Å²) < 4.78 is 5.09. The number of nitrogens with zero attached hydrogens (tertiary/aromatic N) is 2. The van der Waals surface area contributed by atoms with Crippen LogP contribution in [0.3, 0.4) is 0 Å². The maximum absolute atomic E-state index is 12.2. The molecule has 1 aromatic rings. The monoisotopic (exact) mass is 287 g/mol.